The molecule has 1 aromatic rings. The number of benzene rings is 1. The number of hydrogen-bond acceptors (Lipinski definition) is 2. The topological polar surface area (TPSA) is 21.3 Å². The van der Waals surface area contributed by atoms with E-state index in [0.717, 1.165) is 18.1 Å². The van der Waals surface area contributed by atoms with E-state index in [4.69, 9.17) is 4.74 Å². The van der Waals surface area contributed by atoms with Crippen LogP contribution in [0.4, 0.5) is 0 Å². The van der Waals surface area contributed by atoms with E-state index in [9.17, 15) is 0 Å². The summed E-state index contributed by atoms with van der Waals surface area (Å²) >= 11 is 0. The molecular weight excluding hydrogens is 210 g/mol. The first-order chi connectivity index (χ1) is 8.33. The summed E-state index contributed by atoms with van der Waals surface area (Å²) in [5.41, 5.74) is 1.37. The Hall–Kier alpha value is -1.02. The van der Waals surface area contributed by atoms with E-state index in [0.29, 0.717) is 6.04 Å². The number of nitrogens with one attached hydrogen (secondary N) is 1. The van der Waals surface area contributed by atoms with Gasteiger partial charge in [0, 0.05) is 6.04 Å². The standard InChI is InChI=1S/C15H23NO/c1-3-15(16-11-12-5-4-6-12)13-7-9-14(17-2)10-8-13/h7-10,12,15-16H,3-6,11H2,1-2H3. The van der Waals surface area contributed by atoms with Gasteiger partial charge in [0.1, 0.15) is 5.75 Å². The van der Waals surface area contributed by atoms with Gasteiger partial charge in [0.15, 0.2) is 0 Å². The van der Waals surface area contributed by atoms with Crippen LogP contribution in [-0.2, 0) is 0 Å². The van der Waals surface area contributed by atoms with Crippen LogP contribution in [0.2, 0.25) is 0 Å². The third kappa shape index (κ3) is 3.22. The highest BCUT2D eigenvalue weighted by Gasteiger charge is 2.18. The molecule has 2 heteroatoms. The molecule has 1 aromatic carbocycles. The summed E-state index contributed by atoms with van der Waals surface area (Å²) in [6.07, 6.45) is 5.38. The van der Waals surface area contributed by atoms with Crippen molar-refractivity contribution < 1.29 is 4.74 Å². The van der Waals surface area contributed by atoms with Crippen molar-refractivity contribution in [1.29, 1.82) is 0 Å². The molecule has 1 aliphatic rings. The van der Waals surface area contributed by atoms with E-state index in [1.54, 1.807) is 7.11 Å². The highest BCUT2D eigenvalue weighted by atomic mass is 16.5. The van der Waals surface area contributed by atoms with Gasteiger partial charge in [-0.2, -0.15) is 0 Å². The minimum Gasteiger partial charge on any atom is -0.497 e. The lowest BCUT2D eigenvalue weighted by atomic mass is 9.85. The predicted octanol–water partition coefficient (Wildman–Crippen LogP) is 3.54. The van der Waals surface area contributed by atoms with Crippen LogP contribution in [-0.4, -0.2) is 13.7 Å². The van der Waals surface area contributed by atoms with E-state index >= 15 is 0 Å². The Morgan fingerprint density at radius 1 is 1.29 bits per heavy atom. The normalized spacial score (nSPS) is 17.5. The van der Waals surface area contributed by atoms with Crippen LogP contribution in [0, 0.1) is 5.92 Å². The second kappa shape index (κ2) is 6.06. The lowest BCUT2D eigenvalue weighted by Gasteiger charge is -2.28. The Labute approximate surface area is 104 Å². The van der Waals surface area contributed by atoms with Gasteiger partial charge >= 0.3 is 0 Å². The summed E-state index contributed by atoms with van der Waals surface area (Å²) in [6, 6.07) is 8.91. The van der Waals surface area contributed by atoms with Crippen LogP contribution in [0.25, 0.3) is 0 Å². The van der Waals surface area contributed by atoms with Gasteiger partial charge in [-0.15, -0.1) is 0 Å². The van der Waals surface area contributed by atoms with Crippen molar-refractivity contribution in [3.8, 4) is 5.75 Å². The van der Waals surface area contributed by atoms with Crippen LogP contribution < -0.4 is 10.1 Å². The van der Waals surface area contributed by atoms with Crippen LogP contribution in [0.3, 0.4) is 0 Å². The van der Waals surface area contributed by atoms with E-state index < -0.39 is 0 Å². The van der Waals surface area contributed by atoms with Crippen molar-refractivity contribution in [2.75, 3.05) is 13.7 Å². The third-order valence-electron chi connectivity index (χ3n) is 3.80. The zero-order valence-corrected chi connectivity index (χ0v) is 10.9. The molecule has 2 rings (SSSR count). The molecule has 1 atom stereocenters. The molecule has 0 bridgehead atoms. The van der Waals surface area contributed by atoms with Gasteiger partial charge in [0.05, 0.1) is 7.11 Å². The average Bonchev–Trinajstić information content (AvgIpc) is 2.33. The molecule has 0 aromatic heterocycles. The molecule has 17 heavy (non-hydrogen) atoms. The number of methoxy groups -OCH3 is 1. The lowest BCUT2D eigenvalue weighted by Crippen LogP contribution is -2.30. The van der Waals surface area contributed by atoms with Gasteiger partial charge < -0.3 is 10.1 Å². The smallest absolute Gasteiger partial charge is 0.118 e. The van der Waals surface area contributed by atoms with Crippen LogP contribution in [0.1, 0.15) is 44.2 Å². The van der Waals surface area contributed by atoms with E-state index in [2.05, 4.69) is 24.4 Å². The van der Waals surface area contributed by atoms with Crippen molar-refractivity contribution in [3.05, 3.63) is 29.8 Å². The van der Waals surface area contributed by atoms with Gasteiger partial charge in [-0.1, -0.05) is 25.5 Å². The second-order valence-electron chi connectivity index (χ2n) is 4.94. The quantitative estimate of drug-likeness (QED) is 0.811. The molecule has 94 valence electrons. The first-order valence-electron chi connectivity index (χ1n) is 6.70. The molecule has 0 aliphatic heterocycles. The molecule has 1 aliphatic carbocycles. The van der Waals surface area contributed by atoms with Gasteiger partial charge in [0.25, 0.3) is 0 Å². The van der Waals surface area contributed by atoms with Crippen molar-refractivity contribution >= 4 is 0 Å². The van der Waals surface area contributed by atoms with Crippen molar-refractivity contribution in [1.82, 2.24) is 5.32 Å². The molecule has 0 heterocycles. The maximum atomic E-state index is 5.19. The van der Waals surface area contributed by atoms with Crippen LogP contribution in [0.5, 0.6) is 5.75 Å². The van der Waals surface area contributed by atoms with Gasteiger partial charge in [0.2, 0.25) is 0 Å². The Bertz CT molecular complexity index is 329. The molecular formula is C15H23NO. The summed E-state index contributed by atoms with van der Waals surface area (Å²) in [5.74, 6) is 1.85. The monoisotopic (exact) mass is 233 g/mol. The minimum absolute atomic E-state index is 0.488. The van der Waals surface area contributed by atoms with Crippen LogP contribution in [0.15, 0.2) is 24.3 Å². The molecule has 0 saturated heterocycles. The van der Waals surface area contributed by atoms with Gasteiger partial charge in [-0.05, 0) is 49.4 Å². The molecule has 1 unspecified atom stereocenters. The summed E-state index contributed by atoms with van der Waals surface area (Å²) in [4.78, 5) is 0. The Morgan fingerprint density at radius 3 is 2.47 bits per heavy atom. The number of ether oxygens (including phenoxy) is 1. The highest BCUT2D eigenvalue weighted by molar-refractivity contribution is 5.29. The fraction of sp³-hybridized carbons (Fsp3) is 0.600. The average molecular weight is 233 g/mol. The molecule has 0 spiro atoms. The Balaban J connectivity index is 1.90. The van der Waals surface area contributed by atoms with Crippen LogP contribution >= 0.6 is 0 Å². The maximum Gasteiger partial charge on any atom is 0.118 e. The third-order valence-corrected chi connectivity index (χ3v) is 3.80. The summed E-state index contributed by atoms with van der Waals surface area (Å²) in [7, 11) is 1.71. The van der Waals surface area contributed by atoms with E-state index in [1.807, 2.05) is 12.1 Å². The molecule has 2 nitrogen and oxygen atoms in total. The molecule has 1 fully saturated rings. The zero-order valence-electron chi connectivity index (χ0n) is 10.9. The Morgan fingerprint density at radius 2 is 2.00 bits per heavy atom. The second-order valence-corrected chi connectivity index (χ2v) is 4.94. The molecule has 1 N–H and O–H groups in total. The summed E-state index contributed by atoms with van der Waals surface area (Å²) in [5, 5.41) is 3.68. The zero-order chi connectivity index (χ0) is 12.1. The SMILES string of the molecule is CCC(NCC1CCC1)c1ccc(OC)cc1. The first kappa shape index (κ1) is 12.4. The summed E-state index contributed by atoms with van der Waals surface area (Å²) in [6.45, 7) is 3.41. The molecule has 0 amide bonds. The Kier molecular flexibility index (Phi) is 4.43. The van der Waals surface area contributed by atoms with Crippen molar-refractivity contribution in [2.45, 2.75) is 38.6 Å². The van der Waals surface area contributed by atoms with Gasteiger partial charge in [-0.3, -0.25) is 0 Å². The molecule has 1 saturated carbocycles. The van der Waals surface area contributed by atoms with Gasteiger partial charge in [-0.25, -0.2) is 0 Å². The predicted molar refractivity (Wildman–Crippen MR) is 71.4 cm³/mol. The van der Waals surface area contributed by atoms with Crippen molar-refractivity contribution in [3.63, 3.8) is 0 Å². The fourth-order valence-electron chi connectivity index (χ4n) is 2.34. The number of rotatable bonds is 6. The molecule has 0 radical (unpaired) electrons. The fourth-order valence-corrected chi connectivity index (χ4v) is 2.34. The lowest BCUT2D eigenvalue weighted by molar-refractivity contribution is 0.288. The maximum absolute atomic E-state index is 5.19. The van der Waals surface area contributed by atoms with E-state index in [1.165, 1.54) is 31.4 Å². The first-order valence-corrected chi connectivity index (χ1v) is 6.70. The summed E-state index contributed by atoms with van der Waals surface area (Å²) < 4.78 is 5.19. The number of hydrogen-bond donors (Lipinski definition) is 1. The largest absolute Gasteiger partial charge is 0.497 e. The highest BCUT2D eigenvalue weighted by Crippen LogP contribution is 2.27. The van der Waals surface area contributed by atoms with E-state index in [-0.39, 0.29) is 0 Å². The van der Waals surface area contributed by atoms with Crippen molar-refractivity contribution in [2.24, 2.45) is 5.92 Å². The minimum atomic E-state index is 0.488.